The molecule has 3 rings (SSSR count). The Balaban J connectivity index is 1.96. The third-order valence-corrected chi connectivity index (χ3v) is 4.88. The third kappa shape index (κ3) is 5.88. The molecule has 0 heterocycles. The minimum absolute atomic E-state index is 0.00242. The number of aliphatic hydroxyl groups is 2. The summed E-state index contributed by atoms with van der Waals surface area (Å²) in [5.74, 6) is -0.0514. The number of anilines is 5. The molecule has 0 aliphatic rings. The first-order chi connectivity index (χ1) is 16.3. The van der Waals surface area contributed by atoms with Gasteiger partial charge in [0.2, 0.25) is 0 Å². The van der Waals surface area contributed by atoms with E-state index in [1.807, 2.05) is 0 Å². The maximum atomic E-state index is 11.6. The number of nitro groups is 2. The fraction of sp³-hybridized carbons (Fsp3) is 0.182. The van der Waals surface area contributed by atoms with Crippen molar-refractivity contribution in [2.75, 3.05) is 41.8 Å². The van der Waals surface area contributed by atoms with E-state index in [1.54, 1.807) is 41.3 Å². The molecule has 0 aliphatic carbocycles. The zero-order valence-electron chi connectivity index (χ0n) is 17.9. The monoisotopic (exact) mass is 469 g/mol. The van der Waals surface area contributed by atoms with Crippen LogP contribution in [-0.2, 0) is 0 Å². The second-order valence-corrected chi connectivity index (χ2v) is 7.18. The number of phenolic OH excluding ortho intramolecular Hbond substituents is 1. The predicted molar refractivity (Wildman–Crippen MR) is 127 cm³/mol. The number of nitrogens with zero attached hydrogens (tertiary/aromatic N) is 3. The highest BCUT2D eigenvalue weighted by molar-refractivity contribution is 5.82. The quantitative estimate of drug-likeness (QED) is 0.206. The minimum Gasteiger partial charge on any atom is -0.508 e. The molecule has 178 valence electrons. The molecule has 5 N–H and O–H groups in total. The van der Waals surface area contributed by atoms with Crippen LogP contribution in [-0.4, -0.2) is 51.5 Å². The summed E-state index contributed by atoms with van der Waals surface area (Å²) < 4.78 is 0. The summed E-state index contributed by atoms with van der Waals surface area (Å²) in [4.78, 5) is 23.5. The number of aromatic hydroxyl groups is 1. The van der Waals surface area contributed by atoms with Gasteiger partial charge in [0.1, 0.15) is 17.1 Å². The van der Waals surface area contributed by atoms with E-state index in [2.05, 4.69) is 10.6 Å². The van der Waals surface area contributed by atoms with Crippen molar-refractivity contribution in [3.63, 3.8) is 0 Å². The molecule has 0 fully saturated rings. The van der Waals surface area contributed by atoms with Gasteiger partial charge >= 0.3 is 0 Å². The number of nitro benzene ring substituents is 2. The van der Waals surface area contributed by atoms with Gasteiger partial charge in [-0.3, -0.25) is 20.2 Å². The van der Waals surface area contributed by atoms with Gasteiger partial charge in [-0.1, -0.05) is 6.07 Å². The summed E-state index contributed by atoms with van der Waals surface area (Å²) in [5.41, 5.74) is 0.611. The molecule has 0 aromatic heterocycles. The predicted octanol–water partition coefficient (Wildman–Crippen LogP) is 3.49. The van der Waals surface area contributed by atoms with Crippen molar-refractivity contribution < 1.29 is 25.2 Å². The van der Waals surface area contributed by atoms with Gasteiger partial charge in [0.25, 0.3) is 11.4 Å². The van der Waals surface area contributed by atoms with Gasteiger partial charge in [-0.25, -0.2) is 0 Å². The Hall–Kier alpha value is -4.42. The van der Waals surface area contributed by atoms with E-state index >= 15 is 0 Å². The molecule has 0 spiro atoms. The van der Waals surface area contributed by atoms with Gasteiger partial charge in [-0.15, -0.1) is 0 Å². The summed E-state index contributed by atoms with van der Waals surface area (Å²) >= 11 is 0. The summed E-state index contributed by atoms with van der Waals surface area (Å²) in [6.45, 7) is 0.463. The molecular weight excluding hydrogens is 446 g/mol. The van der Waals surface area contributed by atoms with E-state index in [0.717, 1.165) is 11.8 Å². The van der Waals surface area contributed by atoms with Crippen LogP contribution in [0.3, 0.4) is 0 Å². The average molecular weight is 469 g/mol. The number of hydrogen-bond acceptors (Lipinski definition) is 10. The molecule has 0 saturated carbocycles. The van der Waals surface area contributed by atoms with Gasteiger partial charge in [0.15, 0.2) is 0 Å². The number of nitrogens with one attached hydrogen (secondary N) is 2. The first-order valence-electron chi connectivity index (χ1n) is 10.2. The molecule has 0 radical (unpaired) electrons. The number of benzene rings is 3. The highest BCUT2D eigenvalue weighted by Crippen LogP contribution is 2.39. The van der Waals surface area contributed by atoms with Crippen LogP contribution in [0.15, 0.2) is 60.7 Å². The highest BCUT2D eigenvalue weighted by atomic mass is 16.6. The lowest BCUT2D eigenvalue weighted by molar-refractivity contribution is -0.393. The molecule has 0 aliphatic heterocycles. The van der Waals surface area contributed by atoms with E-state index in [1.165, 1.54) is 18.2 Å². The molecule has 0 bridgehead atoms. The molecule has 0 atom stereocenters. The van der Waals surface area contributed by atoms with Gasteiger partial charge in [0.05, 0.1) is 29.1 Å². The van der Waals surface area contributed by atoms with E-state index < -0.39 is 21.2 Å². The van der Waals surface area contributed by atoms with Crippen LogP contribution in [0, 0.1) is 20.2 Å². The lowest BCUT2D eigenvalue weighted by Gasteiger charge is -2.23. The summed E-state index contributed by atoms with van der Waals surface area (Å²) in [5, 5.41) is 57.0. The Morgan fingerprint density at radius 1 is 0.765 bits per heavy atom. The van der Waals surface area contributed by atoms with E-state index in [4.69, 9.17) is 0 Å². The number of phenols is 1. The Kier molecular flexibility index (Phi) is 7.79. The van der Waals surface area contributed by atoms with Gasteiger partial charge in [-0.05, 0) is 42.5 Å². The third-order valence-electron chi connectivity index (χ3n) is 4.88. The largest absolute Gasteiger partial charge is 0.508 e. The Morgan fingerprint density at radius 3 is 1.82 bits per heavy atom. The number of rotatable bonds is 11. The summed E-state index contributed by atoms with van der Waals surface area (Å²) in [6.07, 6.45) is 0. The maximum Gasteiger partial charge on any atom is 0.299 e. The fourth-order valence-corrected chi connectivity index (χ4v) is 3.34. The Bertz CT molecular complexity index is 1160. The van der Waals surface area contributed by atoms with Crippen LogP contribution in [0.2, 0.25) is 0 Å². The second kappa shape index (κ2) is 10.9. The van der Waals surface area contributed by atoms with Crippen molar-refractivity contribution in [3.05, 3.63) is 80.9 Å². The molecule has 0 saturated heterocycles. The fourth-order valence-electron chi connectivity index (χ4n) is 3.34. The van der Waals surface area contributed by atoms with Gasteiger partial charge in [-0.2, -0.15) is 0 Å². The van der Waals surface area contributed by atoms with Crippen molar-refractivity contribution >= 4 is 39.8 Å². The molecule has 0 amide bonds. The molecular formula is C22H23N5O7. The van der Waals surface area contributed by atoms with Crippen LogP contribution in [0.1, 0.15) is 0 Å². The first kappa shape index (κ1) is 24.2. The zero-order valence-corrected chi connectivity index (χ0v) is 17.9. The molecule has 3 aromatic rings. The van der Waals surface area contributed by atoms with Crippen LogP contribution < -0.4 is 15.5 Å². The highest BCUT2D eigenvalue weighted by Gasteiger charge is 2.25. The lowest BCUT2D eigenvalue weighted by atomic mass is 10.1. The maximum absolute atomic E-state index is 11.6. The van der Waals surface area contributed by atoms with E-state index in [0.29, 0.717) is 24.5 Å². The summed E-state index contributed by atoms with van der Waals surface area (Å²) in [7, 11) is 0. The molecule has 0 unspecified atom stereocenters. The Labute approximate surface area is 194 Å². The molecule has 34 heavy (non-hydrogen) atoms. The normalized spacial score (nSPS) is 10.5. The van der Waals surface area contributed by atoms with Gasteiger partial charge in [0, 0.05) is 36.2 Å². The minimum atomic E-state index is -0.729. The van der Waals surface area contributed by atoms with Crippen LogP contribution in [0.5, 0.6) is 5.75 Å². The van der Waals surface area contributed by atoms with Crippen LogP contribution >= 0.6 is 0 Å². The van der Waals surface area contributed by atoms with E-state index in [9.17, 15) is 35.5 Å². The van der Waals surface area contributed by atoms with Crippen molar-refractivity contribution in [3.8, 4) is 5.75 Å². The smallest absolute Gasteiger partial charge is 0.299 e. The first-order valence-corrected chi connectivity index (χ1v) is 10.2. The van der Waals surface area contributed by atoms with Crippen molar-refractivity contribution in [2.45, 2.75) is 0 Å². The average Bonchev–Trinajstić information content (AvgIpc) is 2.79. The van der Waals surface area contributed by atoms with Crippen molar-refractivity contribution in [2.24, 2.45) is 0 Å². The van der Waals surface area contributed by atoms with Crippen LogP contribution in [0.4, 0.5) is 39.8 Å². The van der Waals surface area contributed by atoms with Crippen molar-refractivity contribution in [1.29, 1.82) is 0 Å². The van der Waals surface area contributed by atoms with Gasteiger partial charge < -0.3 is 30.9 Å². The lowest BCUT2D eigenvalue weighted by Crippen LogP contribution is -2.29. The standard InChI is InChI=1S/C22H23N5O7/c28-10-8-25(9-11-29)17-6-4-15(5-7-17)23-19-13-20(24-16-2-1-3-18(30)12-16)22(27(33)34)14-21(19)26(31)32/h1-7,12-14,23-24,28-30H,8-11H2. The Morgan fingerprint density at radius 2 is 1.32 bits per heavy atom. The number of aliphatic hydroxyl groups excluding tert-OH is 2. The topological polar surface area (TPSA) is 174 Å². The molecule has 12 heteroatoms. The molecule has 3 aromatic carbocycles. The molecule has 12 nitrogen and oxygen atoms in total. The zero-order chi connectivity index (χ0) is 24.7. The number of hydrogen-bond donors (Lipinski definition) is 5. The van der Waals surface area contributed by atoms with Crippen molar-refractivity contribution in [1.82, 2.24) is 0 Å². The van der Waals surface area contributed by atoms with Crippen LogP contribution in [0.25, 0.3) is 0 Å². The van der Waals surface area contributed by atoms with E-state index in [-0.39, 0.29) is 30.3 Å². The SMILES string of the molecule is O=[N+]([O-])c1cc([N+](=O)[O-])c(Nc2cccc(O)c2)cc1Nc1ccc(N(CCO)CCO)cc1. The second-order valence-electron chi connectivity index (χ2n) is 7.18. The summed E-state index contributed by atoms with van der Waals surface area (Å²) in [6, 6.07) is 14.8.